The molecule has 4 fully saturated rings. The lowest BCUT2D eigenvalue weighted by molar-refractivity contribution is -0.142. The Morgan fingerprint density at radius 1 is 1.02 bits per heavy atom. The average molecular weight is 584 g/mol. The molecule has 4 aliphatic rings. The van der Waals surface area contributed by atoms with E-state index in [-0.39, 0.29) is 17.6 Å². The Kier molecular flexibility index (Phi) is 7.75. The summed E-state index contributed by atoms with van der Waals surface area (Å²) in [6.07, 6.45) is 16.3. The number of halogens is 2. The smallest absolute Gasteiger partial charge is 0.329 e. The number of allylic oxidation sites excluding steroid dienone is 1. The Hall–Kier alpha value is -2.71. The number of aromatic nitrogens is 2. The van der Waals surface area contributed by atoms with Crippen molar-refractivity contribution in [2.75, 3.05) is 6.61 Å². The highest BCUT2D eigenvalue weighted by molar-refractivity contribution is 6.38. The second-order valence-electron chi connectivity index (χ2n) is 11.4. The monoisotopic (exact) mass is 582 g/mol. The molecular weight excluding hydrogens is 551 g/mol. The van der Waals surface area contributed by atoms with Crippen molar-refractivity contribution in [1.82, 2.24) is 10.1 Å². The summed E-state index contributed by atoms with van der Waals surface area (Å²) in [5, 5.41) is 14.0. The summed E-state index contributed by atoms with van der Waals surface area (Å²) in [5.41, 5.74) is 4.45. The zero-order valence-electron chi connectivity index (χ0n) is 22.2. The van der Waals surface area contributed by atoms with Gasteiger partial charge in [-0.1, -0.05) is 64.8 Å². The molecule has 2 bridgehead atoms. The van der Waals surface area contributed by atoms with E-state index in [1.165, 1.54) is 0 Å². The van der Waals surface area contributed by atoms with Gasteiger partial charge in [0, 0.05) is 29.4 Å². The number of benzene rings is 1. The zero-order chi connectivity index (χ0) is 27.7. The van der Waals surface area contributed by atoms with E-state index < -0.39 is 5.97 Å². The van der Waals surface area contributed by atoms with Crippen molar-refractivity contribution in [2.45, 2.75) is 76.1 Å². The third-order valence-corrected chi connectivity index (χ3v) is 9.29. The van der Waals surface area contributed by atoms with Gasteiger partial charge < -0.3 is 19.1 Å². The average Bonchev–Trinajstić information content (AvgIpc) is 3.72. The normalized spacial score (nSPS) is 24.1. The number of nitrogens with zero attached hydrogens (tertiary/aromatic N) is 2. The number of rotatable bonds is 11. The molecule has 2 aromatic heterocycles. The molecule has 0 saturated heterocycles. The lowest BCUT2D eigenvalue weighted by atomic mass is 9.58. The van der Waals surface area contributed by atoms with Crippen LogP contribution in [0.2, 0.25) is 10.0 Å². The van der Waals surface area contributed by atoms with E-state index in [4.69, 9.17) is 42.3 Å². The van der Waals surface area contributed by atoms with Gasteiger partial charge in [-0.05, 0) is 67.9 Å². The first-order valence-electron chi connectivity index (χ1n) is 13.8. The standard InChI is InChI=1S/C31H32Cl2N2O5/c32-24-15-34-16-25(33)27(24)28-23(29(40-35-28)22-5-6-22)18-39-31-12-9-30(10-13-31,11-14-31)8-7-20-1-3-21(4-2-20)17-38-19-26(36)37/h1-4,7-8,15-16,22H,5-6,9-14,17-19H2,(H,36,37)/b8-7+. The third-order valence-electron chi connectivity index (χ3n) is 8.72. The first-order chi connectivity index (χ1) is 19.4. The van der Waals surface area contributed by atoms with Crippen molar-refractivity contribution < 1.29 is 23.9 Å². The number of fused-ring (bicyclic) bond motifs is 3. The third kappa shape index (κ3) is 5.84. The SMILES string of the molecule is O=C(O)COCc1ccc(/C=C/C23CCC(OCc4c(-c5c(Cl)cncc5Cl)noc4C4CC4)(CC2)CC3)cc1. The molecule has 0 amide bonds. The van der Waals surface area contributed by atoms with Crippen molar-refractivity contribution in [3.8, 4) is 11.3 Å². The van der Waals surface area contributed by atoms with Gasteiger partial charge in [-0.15, -0.1) is 0 Å². The van der Waals surface area contributed by atoms with Crippen LogP contribution in [0.5, 0.6) is 0 Å². The highest BCUT2D eigenvalue weighted by Gasteiger charge is 2.48. The molecule has 0 aliphatic heterocycles. The minimum Gasteiger partial charge on any atom is -0.480 e. The maximum atomic E-state index is 10.6. The summed E-state index contributed by atoms with van der Waals surface area (Å²) in [7, 11) is 0. The molecule has 0 unspecified atom stereocenters. The van der Waals surface area contributed by atoms with Gasteiger partial charge in [0.1, 0.15) is 18.1 Å². The van der Waals surface area contributed by atoms with Crippen molar-refractivity contribution in [3.05, 3.63) is 75.2 Å². The summed E-state index contributed by atoms with van der Waals surface area (Å²) < 4.78 is 17.8. The van der Waals surface area contributed by atoms with Gasteiger partial charge in [-0.2, -0.15) is 0 Å². The Bertz CT molecular complexity index is 1370. The molecule has 40 heavy (non-hydrogen) atoms. The van der Waals surface area contributed by atoms with Gasteiger partial charge in [0.2, 0.25) is 0 Å². The summed E-state index contributed by atoms with van der Waals surface area (Å²) in [6.45, 7) is 0.444. The van der Waals surface area contributed by atoms with Crippen molar-refractivity contribution in [3.63, 3.8) is 0 Å². The fourth-order valence-corrected chi connectivity index (χ4v) is 6.63. The summed E-state index contributed by atoms with van der Waals surface area (Å²) in [6, 6.07) is 8.09. The number of aliphatic carboxylic acids is 1. The van der Waals surface area contributed by atoms with E-state index in [1.807, 2.05) is 12.1 Å². The first-order valence-corrected chi connectivity index (χ1v) is 14.6. The van der Waals surface area contributed by atoms with Crippen molar-refractivity contribution >= 4 is 35.2 Å². The van der Waals surface area contributed by atoms with Crippen LogP contribution in [-0.2, 0) is 27.5 Å². The molecular formula is C31H32Cl2N2O5. The molecule has 4 saturated carbocycles. The molecule has 3 aromatic rings. The number of hydrogen-bond donors (Lipinski definition) is 1. The van der Waals surface area contributed by atoms with Crippen LogP contribution < -0.4 is 0 Å². The number of ether oxygens (including phenoxy) is 2. The van der Waals surface area contributed by atoms with E-state index in [9.17, 15) is 4.79 Å². The van der Waals surface area contributed by atoms with Crippen LogP contribution in [0.25, 0.3) is 17.3 Å². The molecule has 1 aromatic carbocycles. The van der Waals surface area contributed by atoms with Crippen LogP contribution in [-0.4, -0.2) is 33.4 Å². The Labute approximate surface area is 243 Å². The summed E-state index contributed by atoms with van der Waals surface area (Å²) >= 11 is 13.0. The lowest BCUT2D eigenvalue weighted by Crippen LogP contribution is -2.46. The van der Waals surface area contributed by atoms with Gasteiger partial charge in [0.25, 0.3) is 0 Å². The minimum atomic E-state index is -0.959. The highest BCUT2D eigenvalue weighted by Crippen LogP contribution is 2.55. The second kappa shape index (κ2) is 11.3. The van der Waals surface area contributed by atoms with Crippen LogP contribution >= 0.6 is 23.2 Å². The molecule has 4 aliphatic carbocycles. The first kappa shape index (κ1) is 27.5. The maximum absolute atomic E-state index is 10.6. The second-order valence-corrected chi connectivity index (χ2v) is 12.2. The molecule has 7 rings (SSSR count). The zero-order valence-corrected chi connectivity index (χ0v) is 23.7. The molecule has 210 valence electrons. The predicted octanol–water partition coefficient (Wildman–Crippen LogP) is 7.85. The fraction of sp³-hybridized carbons (Fsp3) is 0.452. The molecule has 0 radical (unpaired) electrons. The quantitative estimate of drug-likeness (QED) is 0.246. The number of hydrogen-bond acceptors (Lipinski definition) is 6. The van der Waals surface area contributed by atoms with Crippen LogP contribution in [0.4, 0.5) is 0 Å². The van der Waals surface area contributed by atoms with Gasteiger partial charge in [0.05, 0.1) is 28.9 Å². The topological polar surface area (TPSA) is 94.7 Å². The van der Waals surface area contributed by atoms with Crippen LogP contribution in [0.1, 0.15) is 79.7 Å². The number of carbonyl (C=O) groups is 1. The minimum absolute atomic E-state index is 0.131. The predicted molar refractivity (Wildman–Crippen MR) is 152 cm³/mol. The van der Waals surface area contributed by atoms with Gasteiger partial charge >= 0.3 is 5.97 Å². The Morgan fingerprint density at radius 3 is 2.33 bits per heavy atom. The molecule has 0 atom stereocenters. The molecule has 9 heteroatoms. The van der Waals surface area contributed by atoms with Crippen LogP contribution in [0, 0.1) is 5.41 Å². The summed E-state index contributed by atoms with van der Waals surface area (Å²) in [4.78, 5) is 14.7. The molecule has 2 heterocycles. The Balaban J connectivity index is 1.10. The summed E-state index contributed by atoms with van der Waals surface area (Å²) in [5.74, 6) is 0.330. The van der Waals surface area contributed by atoms with Crippen LogP contribution in [0.15, 0.2) is 47.3 Å². The molecule has 1 N–H and O–H groups in total. The van der Waals surface area contributed by atoms with E-state index >= 15 is 0 Å². The van der Waals surface area contributed by atoms with Gasteiger partial charge in [0.15, 0.2) is 0 Å². The van der Waals surface area contributed by atoms with E-state index in [0.717, 1.165) is 73.8 Å². The van der Waals surface area contributed by atoms with E-state index in [0.29, 0.717) is 40.4 Å². The van der Waals surface area contributed by atoms with Gasteiger partial charge in [-0.3, -0.25) is 4.98 Å². The Morgan fingerprint density at radius 2 is 1.70 bits per heavy atom. The van der Waals surface area contributed by atoms with E-state index in [2.05, 4.69) is 34.4 Å². The highest BCUT2D eigenvalue weighted by atomic mass is 35.5. The molecule has 0 spiro atoms. The van der Waals surface area contributed by atoms with Crippen molar-refractivity contribution in [1.29, 1.82) is 0 Å². The number of pyridine rings is 1. The number of carboxylic acids is 1. The lowest BCUT2D eigenvalue weighted by Gasteiger charge is -2.52. The van der Waals surface area contributed by atoms with Crippen LogP contribution in [0.3, 0.4) is 0 Å². The fourth-order valence-electron chi connectivity index (χ4n) is 6.09. The van der Waals surface area contributed by atoms with Gasteiger partial charge in [-0.25, -0.2) is 4.79 Å². The number of carboxylic acid groups (broad SMARTS) is 1. The van der Waals surface area contributed by atoms with Crippen molar-refractivity contribution in [2.24, 2.45) is 5.41 Å². The largest absolute Gasteiger partial charge is 0.480 e. The maximum Gasteiger partial charge on any atom is 0.329 e. The van der Waals surface area contributed by atoms with E-state index in [1.54, 1.807) is 12.4 Å². The molecule has 7 nitrogen and oxygen atoms in total.